The van der Waals surface area contributed by atoms with Gasteiger partial charge in [-0.2, -0.15) is 0 Å². The molecule has 0 aromatic heterocycles. The van der Waals surface area contributed by atoms with Crippen LogP contribution in [-0.2, 0) is 22.6 Å². The van der Waals surface area contributed by atoms with Crippen molar-refractivity contribution in [2.45, 2.75) is 78.9 Å². The molecule has 36 heavy (non-hydrogen) atoms. The quantitative estimate of drug-likeness (QED) is 0.368. The van der Waals surface area contributed by atoms with Crippen LogP contribution in [0.2, 0.25) is 0 Å². The predicted molar refractivity (Wildman–Crippen MR) is 143 cm³/mol. The predicted octanol–water partition coefficient (Wildman–Crippen LogP) is 5.15. The second-order valence-electron chi connectivity index (χ2n) is 8.76. The van der Waals surface area contributed by atoms with Gasteiger partial charge in [-0.25, -0.2) is 0 Å². The molecule has 0 fully saturated rings. The Labute approximate surface area is 216 Å². The van der Waals surface area contributed by atoms with Crippen LogP contribution >= 0.6 is 0 Å². The van der Waals surface area contributed by atoms with Crippen LogP contribution in [0.4, 0.5) is 0 Å². The average molecular weight is 499 g/mol. The Hall–Kier alpha value is -3.22. The summed E-state index contributed by atoms with van der Waals surface area (Å²) in [7, 11) is 1.61. The van der Waals surface area contributed by atoms with Gasteiger partial charge in [-0.05, 0) is 75.4 Å². The molecular weight excluding hydrogens is 456 g/mol. The van der Waals surface area contributed by atoms with Gasteiger partial charge in [-0.1, -0.05) is 32.0 Å². The largest absolute Gasteiger partial charge is 0.497 e. The Morgan fingerprint density at radius 1 is 0.917 bits per heavy atom. The van der Waals surface area contributed by atoms with Crippen LogP contribution in [0, 0.1) is 0 Å². The summed E-state index contributed by atoms with van der Waals surface area (Å²) in [5.74, 6) is 1.90. The number of ether oxygens (including phenoxy) is 3. The Morgan fingerprint density at radius 3 is 2.28 bits per heavy atom. The van der Waals surface area contributed by atoms with Crippen molar-refractivity contribution in [3.8, 4) is 17.2 Å². The maximum atomic E-state index is 13.6. The second kappa shape index (κ2) is 15.0. The van der Waals surface area contributed by atoms with E-state index in [0.29, 0.717) is 44.1 Å². The minimum absolute atomic E-state index is 0.0427. The van der Waals surface area contributed by atoms with Gasteiger partial charge in [0.05, 0.1) is 20.3 Å². The van der Waals surface area contributed by atoms with Crippen LogP contribution in [0.5, 0.6) is 17.2 Å². The van der Waals surface area contributed by atoms with Gasteiger partial charge in [0.25, 0.3) is 0 Å². The summed E-state index contributed by atoms with van der Waals surface area (Å²) >= 11 is 0. The van der Waals surface area contributed by atoms with Crippen LogP contribution in [-0.4, -0.2) is 49.1 Å². The number of aryl methyl sites for hydroxylation is 1. The lowest BCUT2D eigenvalue weighted by atomic mass is 10.0. The molecule has 0 heterocycles. The molecule has 2 aromatic carbocycles. The normalized spacial score (nSPS) is 12.4. The van der Waals surface area contributed by atoms with E-state index in [1.807, 2.05) is 77.1 Å². The first-order valence-corrected chi connectivity index (χ1v) is 13.0. The molecule has 0 aliphatic rings. The van der Waals surface area contributed by atoms with E-state index in [1.54, 1.807) is 12.0 Å². The molecule has 0 saturated carbocycles. The number of methoxy groups -OCH3 is 1. The lowest BCUT2D eigenvalue weighted by molar-refractivity contribution is -0.141. The Balaban J connectivity index is 2.26. The molecule has 0 spiro atoms. The summed E-state index contributed by atoms with van der Waals surface area (Å²) in [6.45, 7) is 11.2. The van der Waals surface area contributed by atoms with E-state index in [2.05, 4.69) is 5.32 Å². The molecule has 0 radical (unpaired) electrons. The summed E-state index contributed by atoms with van der Waals surface area (Å²) in [6, 6.07) is 12.9. The highest BCUT2D eigenvalue weighted by Gasteiger charge is 2.29. The van der Waals surface area contributed by atoms with E-state index in [1.165, 1.54) is 0 Å². The number of benzene rings is 2. The monoisotopic (exact) mass is 498 g/mol. The van der Waals surface area contributed by atoms with Crippen molar-refractivity contribution in [3.63, 3.8) is 0 Å². The molecule has 0 unspecified atom stereocenters. The molecule has 7 nitrogen and oxygen atoms in total. The summed E-state index contributed by atoms with van der Waals surface area (Å²) in [5.41, 5.74) is 1.89. The van der Waals surface area contributed by atoms with Crippen LogP contribution in [0.1, 0.15) is 65.0 Å². The zero-order valence-corrected chi connectivity index (χ0v) is 22.6. The first-order chi connectivity index (χ1) is 17.4. The highest BCUT2D eigenvalue weighted by atomic mass is 16.5. The van der Waals surface area contributed by atoms with Crippen molar-refractivity contribution in [3.05, 3.63) is 53.6 Å². The first kappa shape index (κ1) is 29.0. The van der Waals surface area contributed by atoms with Gasteiger partial charge in [0.15, 0.2) is 11.5 Å². The molecule has 0 bridgehead atoms. The fourth-order valence-electron chi connectivity index (χ4n) is 3.97. The number of nitrogens with zero attached hydrogens (tertiary/aromatic N) is 1. The Bertz CT molecular complexity index is 978. The summed E-state index contributed by atoms with van der Waals surface area (Å²) < 4.78 is 16.7. The molecule has 0 aliphatic carbocycles. The number of hydrogen-bond acceptors (Lipinski definition) is 5. The zero-order valence-electron chi connectivity index (χ0n) is 22.6. The van der Waals surface area contributed by atoms with E-state index in [0.717, 1.165) is 23.3 Å². The second-order valence-corrected chi connectivity index (χ2v) is 8.76. The maximum absolute atomic E-state index is 13.6. The molecule has 2 aromatic rings. The summed E-state index contributed by atoms with van der Waals surface area (Å²) in [5, 5.41) is 3.05. The van der Waals surface area contributed by atoms with Crippen molar-refractivity contribution < 1.29 is 23.8 Å². The van der Waals surface area contributed by atoms with Crippen molar-refractivity contribution in [1.29, 1.82) is 0 Å². The van der Waals surface area contributed by atoms with Gasteiger partial charge in [0, 0.05) is 19.0 Å². The molecule has 0 aliphatic heterocycles. The van der Waals surface area contributed by atoms with E-state index < -0.39 is 6.04 Å². The number of amides is 2. The number of carbonyl (C=O) groups excluding carboxylic acids is 2. The van der Waals surface area contributed by atoms with Crippen molar-refractivity contribution in [2.24, 2.45) is 0 Å². The minimum atomic E-state index is -0.558. The van der Waals surface area contributed by atoms with E-state index >= 15 is 0 Å². The number of hydrogen-bond donors (Lipinski definition) is 1. The molecular formula is C29H42N2O5. The molecule has 2 amide bonds. The fourth-order valence-corrected chi connectivity index (χ4v) is 3.97. The highest BCUT2D eigenvalue weighted by Crippen LogP contribution is 2.29. The third kappa shape index (κ3) is 8.47. The lowest BCUT2D eigenvalue weighted by Crippen LogP contribution is -2.50. The molecule has 2 atom stereocenters. The van der Waals surface area contributed by atoms with Crippen LogP contribution < -0.4 is 19.5 Å². The van der Waals surface area contributed by atoms with E-state index in [-0.39, 0.29) is 24.3 Å². The maximum Gasteiger partial charge on any atom is 0.243 e. The zero-order chi connectivity index (χ0) is 26.5. The SMILES string of the molecule is CCOc1ccc(CCC(=O)N(Cc2cccc(OC)c2)[C@H](CC)C(=O)N[C@H](C)CC)cc1OCC. The van der Waals surface area contributed by atoms with Gasteiger partial charge in [-0.3, -0.25) is 9.59 Å². The number of rotatable bonds is 15. The van der Waals surface area contributed by atoms with Crippen LogP contribution in [0.15, 0.2) is 42.5 Å². The molecule has 0 saturated heterocycles. The Kier molecular flexibility index (Phi) is 12.1. The first-order valence-electron chi connectivity index (χ1n) is 13.0. The van der Waals surface area contributed by atoms with Gasteiger partial charge in [0.2, 0.25) is 11.8 Å². The molecule has 1 N–H and O–H groups in total. The average Bonchev–Trinajstić information content (AvgIpc) is 2.88. The van der Waals surface area contributed by atoms with E-state index in [9.17, 15) is 9.59 Å². The van der Waals surface area contributed by atoms with E-state index in [4.69, 9.17) is 14.2 Å². The molecule has 198 valence electrons. The fraction of sp³-hybridized carbons (Fsp3) is 0.517. The van der Waals surface area contributed by atoms with Gasteiger partial charge in [0.1, 0.15) is 11.8 Å². The van der Waals surface area contributed by atoms with Gasteiger partial charge in [-0.15, -0.1) is 0 Å². The van der Waals surface area contributed by atoms with Crippen LogP contribution in [0.3, 0.4) is 0 Å². The molecule has 7 heteroatoms. The summed E-state index contributed by atoms with van der Waals surface area (Å²) in [6.07, 6.45) is 2.15. The van der Waals surface area contributed by atoms with Crippen molar-refractivity contribution >= 4 is 11.8 Å². The lowest BCUT2D eigenvalue weighted by Gasteiger charge is -2.31. The topological polar surface area (TPSA) is 77.1 Å². The third-order valence-electron chi connectivity index (χ3n) is 6.11. The summed E-state index contributed by atoms with van der Waals surface area (Å²) in [4.78, 5) is 28.4. The number of nitrogens with one attached hydrogen (secondary N) is 1. The smallest absolute Gasteiger partial charge is 0.243 e. The molecule has 2 rings (SSSR count). The highest BCUT2D eigenvalue weighted by molar-refractivity contribution is 5.88. The van der Waals surface area contributed by atoms with Crippen molar-refractivity contribution in [2.75, 3.05) is 20.3 Å². The number of carbonyl (C=O) groups is 2. The minimum Gasteiger partial charge on any atom is -0.497 e. The van der Waals surface area contributed by atoms with Crippen molar-refractivity contribution in [1.82, 2.24) is 10.2 Å². The van der Waals surface area contributed by atoms with Gasteiger partial charge >= 0.3 is 0 Å². The standard InChI is InChI=1S/C29H42N2O5/c1-7-21(5)30-29(33)25(8-2)31(20-23-12-11-13-24(18-23)34-6)28(32)17-15-22-14-16-26(35-9-3)27(19-22)36-10-4/h11-14,16,18-19,21,25H,7-10,15,17,20H2,1-6H3,(H,30,33)/t21-,25-/m1/s1. The Morgan fingerprint density at radius 2 is 1.64 bits per heavy atom. The third-order valence-corrected chi connectivity index (χ3v) is 6.11. The van der Waals surface area contributed by atoms with Gasteiger partial charge < -0.3 is 24.4 Å². The van der Waals surface area contributed by atoms with Crippen LogP contribution in [0.25, 0.3) is 0 Å².